The van der Waals surface area contributed by atoms with Crippen LogP contribution in [0.3, 0.4) is 0 Å². The Morgan fingerprint density at radius 3 is 2.85 bits per heavy atom. The molecule has 5 heteroatoms. The second kappa shape index (κ2) is 8.03. The average molecular weight is 313 g/mol. The van der Waals surface area contributed by atoms with Crippen molar-refractivity contribution in [2.24, 2.45) is 0 Å². The molecular formula is C15H24N2OS2. The van der Waals surface area contributed by atoms with E-state index >= 15 is 0 Å². The van der Waals surface area contributed by atoms with E-state index in [1.165, 1.54) is 32.1 Å². The van der Waals surface area contributed by atoms with Gasteiger partial charge in [-0.25, -0.2) is 4.98 Å². The molecule has 0 saturated heterocycles. The van der Waals surface area contributed by atoms with Crippen LogP contribution >= 0.6 is 23.1 Å². The van der Waals surface area contributed by atoms with Gasteiger partial charge in [0.15, 0.2) is 0 Å². The number of hydrogen-bond donors (Lipinski definition) is 1. The number of thiazole rings is 1. The number of aromatic nitrogens is 1. The Balaban J connectivity index is 1.66. The molecule has 0 aliphatic heterocycles. The number of carbonyl (C=O) groups is 1. The normalized spacial score (nSPS) is 16.6. The second-order valence-corrected chi connectivity index (χ2v) is 7.91. The van der Waals surface area contributed by atoms with Crippen LogP contribution in [0.1, 0.15) is 67.4 Å². The number of nitrogens with zero attached hydrogens (tertiary/aromatic N) is 1. The molecule has 112 valence electrons. The fourth-order valence-electron chi connectivity index (χ4n) is 2.37. The molecule has 3 nitrogen and oxygen atoms in total. The Morgan fingerprint density at radius 2 is 2.20 bits per heavy atom. The van der Waals surface area contributed by atoms with E-state index in [9.17, 15) is 4.79 Å². The molecule has 1 aliphatic rings. The summed E-state index contributed by atoms with van der Waals surface area (Å²) in [5, 5.41) is 6.68. The Bertz CT molecular complexity index is 425. The highest BCUT2D eigenvalue weighted by molar-refractivity contribution is 7.99. The number of nitrogens with one attached hydrogen (secondary N) is 1. The summed E-state index contributed by atoms with van der Waals surface area (Å²) in [6, 6.07) is 0. The van der Waals surface area contributed by atoms with Gasteiger partial charge in [-0.1, -0.05) is 33.1 Å². The van der Waals surface area contributed by atoms with Crippen molar-refractivity contribution in [3.8, 4) is 0 Å². The van der Waals surface area contributed by atoms with E-state index in [4.69, 9.17) is 0 Å². The molecule has 1 aliphatic carbocycles. The molecule has 1 N–H and O–H groups in total. The highest BCUT2D eigenvalue weighted by atomic mass is 32.2. The summed E-state index contributed by atoms with van der Waals surface area (Å²) in [6.07, 6.45) is 6.85. The van der Waals surface area contributed by atoms with Gasteiger partial charge in [0.2, 0.25) is 0 Å². The van der Waals surface area contributed by atoms with Crippen molar-refractivity contribution in [3.05, 3.63) is 16.1 Å². The third-order valence-electron chi connectivity index (χ3n) is 3.54. The van der Waals surface area contributed by atoms with E-state index < -0.39 is 0 Å². The first-order chi connectivity index (χ1) is 9.66. The van der Waals surface area contributed by atoms with Crippen molar-refractivity contribution < 1.29 is 4.79 Å². The molecule has 0 spiro atoms. The van der Waals surface area contributed by atoms with Crippen LogP contribution in [-0.2, 0) is 0 Å². The zero-order valence-electron chi connectivity index (χ0n) is 12.4. The van der Waals surface area contributed by atoms with Crippen molar-refractivity contribution in [1.82, 2.24) is 10.3 Å². The standard InChI is InChI=1S/C15H24N2OS2/c1-11(2)15-17-13(10-20-15)14(18)16-8-9-19-12-6-4-3-5-7-12/h10-12H,3-9H2,1-2H3,(H,16,18). The molecule has 1 aromatic rings. The summed E-state index contributed by atoms with van der Waals surface area (Å²) in [5.74, 6) is 1.37. The highest BCUT2D eigenvalue weighted by Gasteiger charge is 2.14. The monoisotopic (exact) mass is 312 g/mol. The minimum absolute atomic E-state index is 0.0302. The number of amides is 1. The number of thioether (sulfide) groups is 1. The van der Waals surface area contributed by atoms with Gasteiger partial charge in [-0.15, -0.1) is 11.3 Å². The summed E-state index contributed by atoms with van der Waals surface area (Å²) in [7, 11) is 0. The Kier molecular flexibility index (Phi) is 6.36. The van der Waals surface area contributed by atoms with Gasteiger partial charge < -0.3 is 5.32 Å². The third kappa shape index (κ3) is 4.77. The van der Waals surface area contributed by atoms with Crippen molar-refractivity contribution in [2.45, 2.75) is 57.1 Å². The van der Waals surface area contributed by atoms with Crippen molar-refractivity contribution in [2.75, 3.05) is 12.3 Å². The number of hydrogen-bond acceptors (Lipinski definition) is 4. The van der Waals surface area contributed by atoms with Gasteiger partial charge in [0.25, 0.3) is 5.91 Å². The molecule has 2 rings (SSSR count). The average Bonchev–Trinajstić information content (AvgIpc) is 2.94. The Hall–Kier alpha value is -0.550. The lowest BCUT2D eigenvalue weighted by atomic mass is 10.0. The van der Waals surface area contributed by atoms with Gasteiger partial charge in [-0.2, -0.15) is 11.8 Å². The summed E-state index contributed by atoms with van der Waals surface area (Å²) in [4.78, 5) is 16.3. The molecule has 0 unspecified atom stereocenters. The third-order valence-corrected chi connectivity index (χ3v) is 6.07. The maximum absolute atomic E-state index is 12.0. The highest BCUT2D eigenvalue weighted by Crippen LogP contribution is 2.27. The van der Waals surface area contributed by atoms with Gasteiger partial charge in [0, 0.05) is 28.8 Å². The lowest BCUT2D eigenvalue weighted by Gasteiger charge is -2.20. The number of rotatable bonds is 6. The van der Waals surface area contributed by atoms with Gasteiger partial charge in [0.1, 0.15) is 5.69 Å². The maximum Gasteiger partial charge on any atom is 0.270 e. The summed E-state index contributed by atoms with van der Waals surface area (Å²) in [6.45, 7) is 4.94. The molecule has 1 saturated carbocycles. The van der Waals surface area contributed by atoms with Crippen LogP contribution in [0, 0.1) is 0 Å². The predicted octanol–water partition coefficient (Wildman–Crippen LogP) is 4.06. The molecule has 1 heterocycles. The second-order valence-electron chi connectivity index (χ2n) is 5.61. The molecular weight excluding hydrogens is 288 g/mol. The zero-order chi connectivity index (χ0) is 14.4. The summed E-state index contributed by atoms with van der Waals surface area (Å²) in [5.41, 5.74) is 0.571. The smallest absolute Gasteiger partial charge is 0.270 e. The van der Waals surface area contributed by atoms with E-state index in [1.807, 2.05) is 17.1 Å². The van der Waals surface area contributed by atoms with Gasteiger partial charge in [0.05, 0.1) is 5.01 Å². The minimum Gasteiger partial charge on any atom is -0.350 e. The molecule has 1 fully saturated rings. The minimum atomic E-state index is -0.0302. The van der Waals surface area contributed by atoms with Crippen LogP contribution in [0.2, 0.25) is 0 Å². The topological polar surface area (TPSA) is 42.0 Å². The lowest BCUT2D eigenvalue weighted by Crippen LogP contribution is -2.26. The lowest BCUT2D eigenvalue weighted by molar-refractivity contribution is 0.0951. The fourth-order valence-corrected chi connectivity index (χ4v) is 4.40. The van der Waals surface area contributed by atoms with Crippen LogP contribution < -0.4 is 5.32 Å². The molecule has 20 heavy (non-hydrogen) atoms. The first-order valence-electron chi connectivity index (χ1n) is 7.52. The van der Waals surface area contributed by atoms with Crippen LogP contribution in [-0.4, -0.2) is 28.4 Å². The largest absolute Gasteiger partial charge is 0.350 e. The Labute approximate surface area is 129 Å². The summed E-state index contributed by atoms with van der Waals surface area (Å²) >= 11 is 3.58. The molecule has 0 radical (unpaired) electrons. The van der Waals surface area contributed by atoms with Crippen LogP contribution in [0.25, 0.3) is 0 Å². The van der Waals surface area contributed by atoms with E-state index in [1.54, 1.807) is 11.3 Å². The molecule has 1 amide bonds. The quantitative estimate of drug-likeness (QED) is 0.805. The van der Waals surface area contributed by atoms with E-state index in [2.05, 4.69) is 24.1 Å². The first kappa shape index (κ1) is 15.8. The Morgan fingerprint density at radius 1 is 1.45 bits per heavy atom. The maximum atomic E-state index is 12.0. The van der Waals surface area contributed by atoms with E-state index in [0.29, 0.717) is 11.6 Å². The molecule has 0 atom stereocenters. The first-order valence-corrected chi connectivity index (χ1v) is 9.45. The van der Waals surface area contributed by atoms with E-state index in [0.717, 1.165) is 22.6 Å². The molecule has 0 bridgehead atoms. The molecule has 0 aromatic carbocycles. The van der Waals surface area contributed by atoms with Crippen molar-refractivity contribution in [1.29, 1.82) is 0 Å². The van der Waals surface area contributed by atoms with E-state index in [-0.39, 0.29) is 5.91 Å². The van der Waals surface area contributed by atoms with Crippen LogP contribution in [0.4, 0.5) is 0 Å². The van der Waals surface area contributed by atoms with Crippen molar-refractivity contribution >= 4 is 29.0 Å². The SMILES string of the molecule is CC(C)c1nc(C(=O)NCCSC2CCCCC2)cs1. The van der Waals surface area contributed by atoms with Gasteiger partial charge in [-0.3, -0.25) is 4.79 Å². The predicted molar refractivity (Wildman–Crippen MR) is 87.9 cm³/mol. The number of carbonyl (C=O) groups excluding carboxylic acids is 1. The van der Waals surface area contributed by atoms with Gasteiger partial charge >= 0.3 is 0 Å². The van der Waals surface area contributed by atoms with Crippen LogP contribution in [0.15, 0.2) is 5.38 Å². The zero-order valence-corrected chi connectivity index (χ0v) is 14.0. The molecule has 1 aromatic heterocycles. The van der Waals surface area contributed by atoms with Gasteiger partial charge in [-0.05, 0) is 12.8 Å². The van der Waals surface area contributed by atoms with Crippen LogP contribution in [0.5, 0.6) is 0 Å². The van der Waals surface area contributed by atoms with Crippen molar-refractivity contribution in [3.63, 3.8) is 0 Å². The fraction of sp³-hybridized carbons (Fsp3) is 0.733. The summed E-state index contributed by atoms with van der Waals surface area (Å²) < 4.78 is 0.